The molecule has 0 radical (unpaired) electrons. The van der Waals surface area contributed by atoms with E-state index in [2.05, 4.69) is 15.7 Å². The van der Waals surface area contributed by atoms with Crippen LogP contribution in [0.5, 0.6) is 5.75 Å². The molecular weight excluding hydrogens is 388 g/mol. The molecule has 0 aliphatic rings. The van der Waals surface area contributed by atoms with Crippen molar-refractivity contribution in [1.29, 1.82) is 0 Å². The Morgan fingerprint density at radius 2 is 1.86 bits per heavy atom. The van der Waals surface area contributed by atoms with Crippen LogP contribution in [0.15, 0.2) is 58.8 Å². The molecule has 0 aliphatic heterocycles. The van der Waals surface area contributed by atoms with E-state index < -0.39 is 0 Å². The largest absolute Gasteiger partial charge is 0.491 e. The lowest BCUT2D eigenvalue weighted by Crippen LogP contribution is -2.22. The van der Waals surface area contributed by atoms with Crippen molar-refractivity contribution in [2.45, 2.75) is 44.1 Å². The summed E-state index contributed by atoms with van der Waals surface area (Å²) in [6.45, 7) is 6.50. The lowest BCUT2D eigenvalue weighted by Gasteiger charge is -2.10. The van der Waals surface area contributed by atoms with Crippen LogP contribution in [0.3, 0.4) is 0 Å². The van der Waals surface area contributed by atoms with Gasteiger partial charge in [-0.1, -0.05) is 12.1 Å². The van der Waals surface area contributed by atoms with Gasteiger partial charge < -0.3 is 10.1 Å². The number of rotatable bonds is 8. The van der Waals surface area contributed by atoms with E-state index in [1.54, 1.807) is 23.1 Å². The summed E-state index contributed by atoms with van der Waals surface area (Å²) < 4.78 is 5.63. The van der Waals surface area contributed by atoms with Gasteiger partial charge in [-0.05, 0) is 62.7 Å². The number of benzene rings is 2. The molecule has 3 rings (SSSR count). The lowest BCUT2D eigenvalue weighted by molar-refractivity contribution is 0.0951. The summed E-state index contributed by atoms with van der Waals surface area (Å²) in [7, 11) is 0. The van der Waals surface area contributed by atoms with E-state index in [-0.39, 0.29) is 12.0 Å². The number of nitrogens with one attached hydrogen (secondary N) is 1. The smallest absolute Gasteiger partial charge is 0.251 e. The van der Waals surface area contributed by atoms with Gasteiger partial charge in [0.1, 0.15) is 5.75 Å². The Morgan fingerprint density at radius 1 is 1.14 bits per heavy atom. The zero-order valence-corrected chi connectivity index (χ0v) is 17.9. The average molecular weight is 413 g/mol. The number of thiazole rings is 1. The van der Waals surface area contributed by atoms with Crippen molar-refractivity contribution in [3.8, 4) is 5.75 Å². The quantitative estimate of drug-likeness (QED) is 0.499. The Kier molecular flexibility index (Phi) is 7.12. The summed E-state index contributed by atoms with van der Waals surface area (Å²) in [6, 6.07) is 15.5. The maximum absolute atomic E-state index is 12.4. The van der Waals surface area contributed by atoms with Crippen LogP contribution >= 0.6 is 23.1 Å². The summed E-state index contributed by atoms with van der Waals surface area (Å²) in [5, 5.41) is 6.14. The summed E-state index contributed by atoms with van der Waals surface area (Å²) in [5.74, 6) is 1.60. The molecule has 0 aliphatic carbocycles. The van der Waals surface area contributed by atoms with Crippen LogP contribution in [-0.2, 0) is 12.3 Å². The number of amides is 1. The van der Waals surface area contributed by atoms with Gasteiger partial charge in [0, 0.05) is 28.1 Å². The highest BCUT2D eigenvalue weighted by molar-refractivity contribution is 7.98. The van der Waals surface area contributed by atoms with Gasteiger partial charge in [-0.25, -0.2) is 4.98 Å². The summed E-state index contributed by atoms with van der Waals surface area (Å²) in [4.78, 5) is 18.0. The number of hydrogen-bond acceptors (Lipinski definition) is 5. The normalized spacial score (nSPS) is 10.9. The summed E-state index contributed by atoms with van der Waals surface area (Å²) in [6.07, 6.45) is 0.150. The molecule has 0 atom stereocenters. The number of aromatic nitrogens is 1. The van der Waals surface area contributed by atoms with E-state index in [0.29, 0.717) is 12.1 Å². The third kappa shape index (κ3) is 6.11. The molecule has 0 spiro atoms. The molecule has 146 valence electrons. The van der Waals surface area contributed by atoms with E-state index >= 15 is 0 Å². The van der Waals surface area contributed by atoms with Gasteiger partial charge in [-0.2, -0.15) is 0 Å². The van der Waals surface area contributed by atoms with Crippen LogP contribution in [0.1, 0.15) is 40.5 Å². The van der Waals surface area contributed by atoms with E-state index in [9.17, 15) is 4.79 Å². The third-order valence-corrected chi connectivity index (χ3v) is 5.79. The number of ether oxygens (including phenoxy) is 1. The number of thioether (sulfide) groups is 1. The summed E-state index contributed by atoms with van der Waals surface area (Å²) in [5.41, 5.74) is 2.79. The molecule has 28 heavy (non-hydrogen) atoms. The van der Waals surface area contributed by atoms with Gasteiger partial charge in [0.15, 0.2) is 0 Å². The molecule has 4 nitrogen and oxygen atoms in total. The number of carbonyl (C=O) groups excluding carboxylic acids is 1. The Balaban J connectivity index is 1.48. The molecule has 3 aromatic rings. The first-order chi connectivity index (χ1) is 13.5. The second-order valence-corrected chi connectivity index (χ2v) is 8.78. The number of hydrogen-bond donors (Lipinski definition) is 1. The fraction of sp³-hybridized carbons (Fsp3) is 0.273. The molecule has 1 aromatic heterocycles. The van der Waals surface area contributed by atoms with Gasteiger partial charge in [-0.3, -0.25) is 4.79 Å². The zero-order chi connectivity index (χ0) is 19.9. The lowest BCUT2D eigenvalue weighted by atomic mass is 10.2. The SMILES string of the molecule is Cc1nc(CSc2ccc(C(=O)NCc3ccc(OC(C)C)cc3)cc2)cs1. The third-order valence-electron chi connectivity index (χ3n) is 3.92. The topological polar surface area (TPSA) is 51.2 Å². The molecule has 0 saturated heterocycles. The maximum atomic E-state index is 12.4. The molecule has 2 aromatic carbocycles. The fourth-order valence-corrected chi connectivity index (χ4v) is 4.09. The molecule has 1 N–H and O–H groups in total. The van der Waals surface area contributed by atoms with Crippen molar-refractivity contribution in [2.75, 3.05) is 0 Å². The van der Waals surface area contributed by atoms with Crippen molar-refractivity contribution in [3.05, 3.63) is 75.7 Å². The first kappa shape index (κ1) is 20.4. The zero-order valence-electron chi connectivity index (χ0n) is 16.3. The van der Waals surface area contributed by atoms with E-state index in [0.717, 1.165) is 32.7 Å². The van der Waals surface area contributed by atoms with Crippen molar-refractivity contribution in [1.82, 2.24) is 10.3 Å². The molecule has 0 saturated carbocycles. The minimum absolute atomic E-state index is 0.0748. The van der Waals surface area contributed by atoms with Gasteiger partial charge >= 0.3 is 0 Å². The predicted octanol–water partition coefficient (Wildman–Crippen LogP) is 5.46. The Labute approximate surface area is 174 Å². The van der Waals surface area contributed by atoms with Crippen LogP contribution in [0.25, 0.3) is 0 Å². The van der Waals surface area contributed by atoms with Crippen LogP contribution in [0.4, 0.5) is 0 Å². The van der Waals surface area contributed by atoms with Gasteiger partial charge in [-0.15, -0.1) is 23.1 Å². The second-order valence-electron chi connectivity index (χ2n) is 6.66. The van der Waals surface area contributed by atoms with E-state index in [4.69, 9.17) is 4.74 Å². The average Bonchev–Trinajstić information content (AvgIpc) is 3.11. The fourth-order valence-electron chi connectivity index (χ4n) is 2.58. The predicted molar refractivity (Wildman–Crippen MR) is 116 cm³/mol. The first-order valence-electron chi connectivity index (χ1n) is 9.17. The molecule has 1 heterocycles. The standard InChI is InChI=1S/C22H24N2O2S2/c1-15(2)26-20-8-4-17(5-9-20)12-23-22(25)18-6-10-21(11-7-18)28-14-19-13-27-16(3)24-19/h4-11,13,15H,12,14H2,1-3H3,(H,23,25). The molecule has 1 amide bonds. The van der Waals surface area contributed by atoms with E-state index in [1.807, 2.05) is 69.3 Å². The van der Waals surface area contributed by atoms with Crippen LogP contribution in [0.2, 0.25) is 0 Å². The molecule has 6 heteroatoms. The van der Waals surface area contributed by atoms with Crippen molar-refractivity contribution in [3.63, 3.8) is 0 Å². The highest BCUT2D eigenvalue weighted by Crippen LogP contribution is 2.24. The second kappa shape index (κ2) is 9.75. The van der Waals surface area contributed by atoms with Crippen LogP contribution < -0.4 is 10.1 Å². The highest BCUT2D eigenvalue weighted by atomic mass is 32.2. The van der Waals surface area contributed by atoms with Crippen LogP contribution in [0, 0.1) is 6.92 Å². The van der Waals surface area contributed by atoms with Crippen molar-refractivity contribution >= 4 is 29.0 Å². The van der Waals surface area contributed by atoms with Crippen molar-refractivity contribution < 1.29 is 9.53 Å². The highest BCUT2D eigenvalue weighted by Gasteiger charge is 2.07. The monoisotopic (exact) mass is 412 g/mol. The van der Waals surface area contributed by atoms with Crippen molar-refractivity contribution in [2.24, 2.45) is 0 Å². The molecule has 0 fully saturated rings. The van der Waals surface area contributed by atoms with Gasteiger partial charge in [0.05, 0.1) is 16.8 Å². The minimum Gasteiger partial charge on any atom is -0.491 e. The Hall–Kier alpha value is -2.31. The number of nitrogens with zero attached hydrogens (tertiary/aromatic N) is 1. The Morgan fingerprint density at radius 3 is 2.46 bits per heavy atom. The summed E-state index contributed by atoms with van der Waals surface area (Å²) >= 11 is 3.39. The Bertz CT molecular complexity index is 903. The van der Waals surface area contributed by atoms with Gasteiger partial charge in [0.25, 0.3) is 5.91 Å². The molecular formula is C22H24N2O2S2. The first-order valence-corrected chi connectivity index (χ1v) is 11.0. The van der Waals surface area contributed by atoms with Crippen LogP contribution in [-0.4, -0.2) is 17.0 Å². The molecule has 0 bridgehead atoms. The maximum Gasteiger partial charge on any atom is 0.251 e. The number of carbonyl (C=O) groups is 1. The van der Waals surface area contributed by atoms with E-state index in [1.165, 1.54) is 0 Å². The minimum atomic E-state index is -0.0748. The van der Waals surface area contributed by atoms with Gasteiger partial charge in [0.2, 0.25) is 0 Å². The molecule has 0 unspecified atom stereocenters. The number of aryl methyl sites for hydroxylation is 1.